The average molecular weight is 281 g/mol. The fraction of sp³-hybridized carbons (Fsp3) is 0.444. The number of nitrogens with two attached hydrogens (primary N) is 1. The van der Waals surface area contributed by atoms with Gasteiger partial charge in [-0.05, 0) is 30.9 Å². The number of nitrogens with zero attached hydrogens (tertiary/aromatic N) is 2. The van der Waals surface area contributed by atoms with Crippen LogP contribution in [0.1, 0.15) is 49.7 Å². The fourth-order valence-electron chi connectivity index (χ4n) is 3.08. The zero-order valence-corrected chi connectivity index (χ0v) is 12.6. The van der Waals surface area contributed by atoms with E-state index >= 15 is 0 Å². The molecule has 1 aromatic carbocycles. The lowest BCUT2D eigenvalue weighted by Crippen LogP contribution is -2.37. The predicted molar refractivity (Wildman–Crippen MR) is 85.1 cm³/mol. The van der Waals surface area contributed by atoms with Gasteiger partial charge in [-0.2, -0.15) is 0 Å². The molecule has 1 aliphatic carbocycles. The molecule has 3 nitrogen and oxygen atoms in total. The normalized spacial score (nSPS) is 18.0. The Kier molecular flexibility index (Phi) is 4.02. The minimum atomic E-state index is 0.0214. The standard InChI is InChI=1S/C18H23N3/c1-2-15(19)13-16-9-12-20-17(21-16)18(10-6-11-18)14-7-4-3-5-8-14/h3-5,7-9,12,15H,2,6,10-11,13,19H2,1H3. The first-order chi connectivity index (χ1) is 10.2. The molecule has 3 rings (SSSR count). The Morgan fingerprint density at radius 1 is 1.19 bits per heavy atom. The Hall–Kier alpha value is -1.74. The number of benzene rings is 1. The minimum absolute atomic E-state index is 0.0214. The van der Waals surface area contributed by atoms with Crippen molar-refractivity contribution in [3.05, 3.63) is 59.7 Å². The lowest BCUT2D eigenvalue weighted by atomic mass is 9.64. The van der Waals surface area contributed by atoms with Gasteiger partial charge in [0, 0.05) is 24.4 Å². The summed E-state index contributed by atoms with van der Waals surface area (Å²) in [5.74, 6) is 0.973. The van der Waals surface area contributed by atoms with Crippen molar-refractivity contribution >= 4 is 0 Å². The Morgan fingerprint density at radius 2 is 1.95 bits per heavy atom. The van der Waals surface area contributed by atoms with Crippen molar-refractivity contribution in [1.29, 1.82) is 0 Å². The van der Waals surface area contributed by atoms with Crippen LogP contribution in [0.3, 0.4) is 0 Å². The van der Waals surface area contributed by atoms with Gasteiger partial charge >= 0.3 is 0 Å². The molecule has 1 heterocycles. The summed E-state index contributed by atoms with van der Waals surface area (Å²) in [4.78, 5) is 9.43. The third-order valence-corrected chi connectivity index (χ3v) is 4.67. The van der Waals surface area contributed by atoms with E-state index in [1.165, 1.54) is 12.0 Å². The quantitative estimate of drug-likeness (QED) is 0.915. The van der Waals surface area contributed by atoms with Crippen LogP contribution in [-0.2, 0) is 11.8 Å². The highest BCUT2D eigenvalue weighted by Gasteiger charge is 2.42. The summed E-state index contributed by atoms with van der Waals surface area (Å²) in [6.07, 6.45) is 7.22. The van der Waals surface area contributed by atoms with Crippen molar-refractivity contribution in [2.75, 3.05) is 0 Å². The predicted octanol–water partition coefficient (Wildman–Crippen LogP) is 3.23. The van der Waals surface area contributed by atoms with Gasteiger partial charge in [-0.25, -0.2) is 9.97 Å². The number of hydrogen-bond donors (Lipinski definition) is 1. The zero-order valence-electron chi connectivity index (χ0n) is 12.6. The second kappa shape index (κ2) is 5.94. The van der Waals surface area contributed by atoms with E-state index in [1.807, 2.05) is 12.3 Å². The third kappa shape index (κ3) is 2.70. The first kappa shape index (κ1) is 14.2. The highest BCUT2D eigenvalue weighted by Crippen LogP contribution is 2.47. The molecular formula is C18H23N3. The second-order valence-corrected chi connectivity index (χ2v) is 6.05. The van der Waals surface area contributed by atoms with E-state index in [2.05, 4.69) is 42.2 Å². The monoisotopic (exact) mass is 281 g/mol. The van der Waals surface area contributed by atoms with Crippen LogP contribution in [0, 0.1) is 0 Å². The van der Waals surface area contributed by atoms with Gasteiger partial charge in [0.05, 0.1) is 5.41 Å². The van der Waals surface area contributed by atoms with Crippen LogP contribution >= 0.6 is 0 Å². The molecule has 0 saturated heterocycles. The summed E-state index contributed by atoms with van der Waals surface area (Å²) in [5.41, 5.74) is 8.49. The molecule has 1 fully saturated rings. The molecule has 2 N–H and O–H groups in total. The van der Waals surface area contributed by atoms with Gasteiger partial charge < -0.3 is 5.73 Å². The molecular weight excluding hydrogens is 258 g/mol. The Morgan fingerprint density at radius 3 is 2.57 bits per heavy atom. The Bertz CT molecular complexity index is 590. The minimum Gasteiger partial charge on any atom is -0.327 e. The van der Waals surface area contributed by atoms with E-state index < -0.39 is 0 Å². The largest absolute Gasteiger partial charge is 0.327 e. The molecule has 21 heavy (non-hydrogen) atoms. The lowest BCUT2D eigenvalue weighted by molar-refractivity contribution is 0.284. The maximum absolute atomic E-state index is 6.06. The van der Waals surface area contributed by atoms with Crippen LogP contribution < -0.4 is 5.73 Å². The lowest BCUT2D eigenvalue weighted by Gasteiger charge is -2.41. The first-order valence-electron chi connectivity index (χ1n) is 7.88. The van der Waals surface area contributed by atoms with Crippen LogP contribution in [0.15, 0.2) is 42.6 Å². The molecule has 3 heteroatoms. The van der Waals surface area contributed by atoms with E-state index in [0.717, 1.165) is 37.2 Å². The van der Waals surface area contributed by atoms with Gasteiger partial charge in [-0.1, -0.05) is 43.7 Å². The maximum atomic E-state index is 6.06. The average Bonchev–Trinajstić information content (AvgIpc) is 2.47. The molecule has 1 saturated carbocycles. The second-order valence-electron chi connectivity index (χ2n) is 6.05. The van der Waals surface area contributed by atoms with Crippen LogP contribution in [-0.4, -0.2) is 16.0 Å². The van der Waals surface area contributed by atoms with E-state index in [0.29, 0.717) is 0 Å². The maximum Gasteiger partial charge on any atom is 0.139 e. The van der Waals surface area contributed by atoms with E-state index in [1.54, 1.807) is 0 Å². The molecule has 0 bridgehead atoms. The highest BCUT2D eigenvalue weighted by atomic mass is 14.9. The zero-order chi connectivity index (χ0) is 14.7. The van der Waals surface area contributed by atoms with Gasteiger partial charge in [-0.3, -0.25) is 0 Å². The molecule has 1 atom stereocenters. The number of hydrogen-bond acceptors (Lipinski definition) is 3. The number of rotatable bonds is 5. The van der Waals surface area contributed by atoms with E-state index in [-0.39, 0.29) is 11.5 Å². The van der Waals surface area contributed by atoms with Crippen molar-refractivity contribution in [3.63, 3.8) is 0 Å². The van der Waals surface area contributed by atoms with Crippen LogP contribution in [0.25, 0.3) is 0 Å². The summed E-state index contributed by atoms with van der Waals surface area (Å²) in [6, 6.07) is 12.9. The molecule has 0 radical (unpaired) electrons. The molecule has 1 unspecified atom stereocenters. The Balaban J connectivity index is 1.93. The highest BCUT2D eigenvalue weighted by molar-refractivity contribution is 5.35. The summed E-state index contributed by atoms with van der Waals surface area (Å²) < 4.78 is 0. The van der Waals surface area contributed by atoms with Crippen LogP contribution in [0.2, 0.25) is 0 Å². The van der Waals surface area contributed by atoms with Crippen molar-refractivity contribution in [1.82, 2.24) is 9.97 Å². The van der Waals surface area contributed by atoms with Crippen LogP contribution in [0.4, 0.5) is 0 Å². The van der Waals surface area contributed by atoms with Crippen molar-refractivity contribution < 1.29 is 0 Å². The fourth-order valence-corrected chi connectivity index (χ4v) is 3.08. The first-order valence-corrected chi connectivity index (χ1v) is 7.88. The van der Waals surface area contributed by atoms with E-state index in [9.17, 15) is 0 Å². The number of aromatic nitrogens is 2. The molecule has 0 amide bonds. The van der Waals surface area contributed by atoms with Gasteiger partial charge in [-0.15, -0.1) is 0 Å². The molecule has 0 spiro atoms. The molecule has 1 aliphatic rings. The summed E-state index contributed by atoms with van der Waals surface area (Å²) in [7, 11) is 0. The SMILES string of the molecule is CCC(N)Cc1ccnc(C2(c3ccccc3)CCC2)n1. The van der Waals surface area contributed by atoms with Gasteiger partial charge in [0.2, 0.25) is 0 Å². The smallest absolute Gasteiger partial charge is 0.139 e. The Labute approximate surface area is 126 Å². The van der Waals surface area contributed by atoms with Gasteiger partial charge in [0.15, 0.2) is 0 Å². The third-order valence-electron chi connectivity index (χ3n) is 4.67. The molecule has 1 aromatic heterocycles. The van der Waals surface area contributed by atoms with Crippen molar-refractivity contribution in [2.45, 2.75) is 50.5 Å². The summed E-state index contributed by atoms with van der Waals surface area (Å²) in [5, 5.41) is 0. The molecule has 110 valence electrons. The van der Waals surface area contributed by atoms with Crippen molar-refractivity contribution in [2.24, 2.45) is 5.73 Å². The summed E-state index contributed by atoms with van der Waals surface area (Å²) >= 11 is 0. The topological polar surface area (TPSA) is 51.8 Å². The van der Waals surface area contributed by atoms with Crippen molar-refractivity contribution in [3.8, 4) is 0 Å². The van der Waals surface area contributed by atoms with Gasteiger partial charge in [0.1, 0.15) is 5.82 Å². The van der Waals surface area contributed by atoms with E-state index in [4.69, 9.17) is 10.7 Å². The summed E-state index contributed by atoms with van der Waals surface area (Å²) in [6.45, 7) is 2.12. The molecule has 2 aromatic rings. The van der Waals surface area contributed by atoms with Crippen LogP contribution in [0.5, 0.6) is 0 Å². The van der Waals surface area contributed by atoms with Gasteiger partial charge in [0.25, 0.3) is 0 Å². The molecule has 0 aliphatic heterocycles.